The van der Waals surface area contributed by atoms with E-state index in [1.807, 2.05) is 0 Å². The molecule has 0 spiro atoms. The van der Waals surface area contributed by atoms with Crippen molar-refractivity contribution in [2.24, 2.45) is 0 Å². The van der Waals surface area contributed by atoms with Crippen LogP contribution >= 0.6 is 0 Å². The summed E-state index contributed by atoms with van der Waals surface area (Å²) in [6.45, 7) is -0.434. The molecule has 14 heavy (non-hydrogen) atoms. The minimum Gasteiger partial charge on any atom is -0.480 e. The Labute approximate surface area is 79.5 Å². The molecule has 1 aromatic rings. The summed E-state index contributed by atoms with van der Waals surface area (Å²) < 4.78 is 21.6. The Hall–Kier alpha value is -1.51. The topological polar surface area (TPSA) is 115 Å². The first-order chi connectivity index (χ1) is 6.37. The lowest BCUT2D eigenvalue weighted by atomic mass is 10.7. The number of carboxylic acids is 1. The van der Waals surface area contributed by atoms with Gasteiger partial charge in [0.15, 0.2) is 22.2 Å². The summed E-state index contributed by atoms with van der Waals surface area (Å²) in [6.07, 6.45) is 1.03. The molecule has 1 N–H and O–H groups in total. The molecule has 1 aromatic heterocycles. The van der Waals surface area contributed by atoms with E-state index in [0.29, 0.717) is 0 Å². The summed E-state index contributed by atoms with van der Waals surface area (Å²) >= 11 is 0. The Bertz CT molecular complexity index is 436. The third-order valence-electron chi connectivity index (χ3n) is 1.16. The van der Waals surface area contributed by atoms with E-state index in [1.54, 1.807) is 0 Å². The van der Waals surface area contributed by atoms with Crippen LogP contribution in [-0.2, 0) is 26.9 Å². The van der Waals surface area contributed by atoms with Crippen LogP contribution in [0.3, 0.4) is 0 Å². The van der Waals surface area contributed by atoms with Gasteiger partial charge in [-0.2, -0.15) is 4.80 Å². The van der Waals surface area contributed by atoms with Crippen molar-refractivity contribution >= 4 is 15.8 Å². The number of hydrogen-bond donors (Lipinski definition) is 1. The predicted molar refractivity (Wildman–Crippen MR) is 44.0 cm³/mol. The molecule has 8 nitrogen and oxygen atoms in total. The van der Waals surface area contributed by atoms with Crippen LogP contribution in [0.1, 0.15) is 5.82 Å². The fourth-order valence-electron chi connectivity index (χ4n) is 0.757. The Balaban J connectivity index is 2.74. The summed E-state index contributed by atoms with van der Waals surface area (Å²) in [5.41, 5.74) is 0. The minimum absolute atomic E-state index is 0.00579. The van der Waals surface area contributed by atoms with Crippen LogP contribution in [0.5, 0.6) is 0 Å². The Morgan fingerprint density at radius 3 is 2.71 bits per heavy atom. The van der Waals surface area contributed by atoms with E-state index >= 15 is 0 Å². The Kier molecular flexibility index (Phi) is 2.79. The summed E-state index contributed by atoms with van der Waals surface area (Å²) in [5.74, 6) is -1.46. The van der Waals surface area contributed by atoms with Crippen LogP contribution in [0.25, 0.3) is 0 Å². The van der Waals surface area contributed by atoms with Crippen molar-refractivity contribution < 1.29 is 18.3 Å². The smallest absolute Gasteiger partial charge is 0.327 e. The molecule has 1 rings (SSSR count). The summed E-state index contributed by atoms with van der Waals surface area (Å²) in [7, 11) is -3.22. The molecule has 0 unspecified atom stereocenters. The quantitative estimate of drug-likeness (QED) is 0.643. The average Bonchev–Trinajstić information content (AvgIpc) is 2.30. The van der Waals surface area contributed by atoms with Crippen molar-refractivity contribution in [2.45, 2.75) is 12.3 Å². The van der Waals surface area contributed by atoms with E-state index in [9.17, 15) is 13.2 Å². The summed E-state index contributed by atoms with van der Waals surface area (Å²) in [6, 6.07) is 0. The number of hydrogen-bond acceptors (Lipinski definition) is 6. The van der Waals surface area contributed by atoms with Crippen LogP contribution in [0.4, 0.5) is 0 Å². The third-order valence-corrected chi connectivity index (χ3v) is 1.94. The fourth-order valence-corrected chi connectivity index (χ4v) is 1.34. The summed E-state index contributed by atoms with van der Waals surface area (Å²) in [5, 5.41) is 18.7. The molecular formula is C5H8N4O4S. The van der Waals surface area contributed by atoms with Gasteiger partial charge in [0, 0.05) is 6.26 Å². The molecule has 0 fully saturated rings. The van der Waals surface area contributed by atoms with Gasteiger partial charge in [-0.3, -0.25) is 4.79 Å². The van der Waals surface area contributed by atoms with Crippen LogP contribution < -0.4 is 0 Å². The largest absolute Gasteiger partial charge is 0.480 e. The lowest BCUT2D eigenvalue weighted by Gasteiger charge is -1.91. The van der Waals surface area contributed by atoms with Crippen LogP contribution in [-0.4, -0.2) is 46.0 Å². The molecule has 0 aliphatic carbocycles. The second-order valence-electron chi connectivity index (χ2n) is 2.70. The number of sulfone groups is 1. The molecule has 0 aliphatic rings. The lowest BCUT2D eigenvalue weighted by Crippen LogP contribution is -2.12. The maximum Gasteiger partial charge on any atom is 0.327 e. The molecule has 9 heteroatoms. The standard InChI is InChI=1S/C5H8N4O4S/c1-14(12,13)3-4-6-8-9(7-4)2-5(10)11/h2-3H2,1H3,(H,10,11). The van der Waals surface area contributed by atoms with E-state index in [4.69, 9.17) is 5.11 Å². The Morgan fingerprint density at radius 1 is 1.57 bits per heavy atom. The molecule has 0 aromatic carbocycles. The number of carboxylic acid groups (broad SMARTS) is 1. The monoisotopic (exact) mass is 220 g/mol. The van der Waals surface area contributed by atoms with Crippen molar-refractivity contribution in [2.75, 3.05) is 6.26 Å². The van der Waals surface area contributed by atoms with E-state index in [-0.39, 0.29) is 11.6 Å². The van der Waals surface area contributed by atoms with Gasteiger partial charge in [-0.25, -0.2) is 8.42 Å². The van der Waals surface area contributed by atoms with Gasteiger partial charge < -0.3 is 5.11 Å². The third kappa shape index (κ3) is 3.47. The molecule has 0 bridgehead atoms. The molecule has 0 atom stereocenters. The van der Waals surface area contributed by atoms with Gasteiger partial charge in [0.2, 0.25) is 0 Å². The van der Waals surface area contributed by atoms with Crippen molar-refractivity contribution in [3.63, 3.8) is 0 Å². The molecule has 0 amide bonds. The van der Waals surface area contributed by atoms with Gasteiger partial charge in [-0.15, -0.1) is 10.2 Å². The fraction of sp³-hybridized carbons (Fsp3) is 0.600. The second-order valence-corrected chi connectivity index (χ2v) is 4.84. The van der Waals surface area contributed by atoms with Crippen molar-refractivity contribution in [1.29, 1.82) is 0 Å². The van der Waals surface area contributed by atoms with E-state index in [2.05, 4.69) is 15.4 Å². The average molecular weight is 220 g/mol. The summed E-state index contributed by atoms with van der Waals surface area (Å²) in [4.78, 5) is 11.0. The maximum absolute atomic E-state index is 10.8. The van der Waals surface area contributed by atoms with Crippen molar-refractivity contribution in [3.05, 3.63) is 5.82 Å². The number of tetrazole rings is 1. The second kappa shape index (κ2) is 3.70. The molecular weight excluding hydrogens is 212 g/mol. The van der Waals surface area contributed by atoms with E-state index in [1.165, 1.54) is 0 Å². The van der Waals surface area contributed by atoms with Gasteiger partial charge in [0.05, 0.1) is 0 Å². The molecule has 78 valence electrons. The zero-order valence-electron chi connectivity index (χ0n) is 7.28. The van der Waals surface area contributed by atoms with E-state index in [0.717, 1.165) is 11.1 Å². The maximum atomic E-state index is 10.8. The highest BCUT2D eigenvalue weighted by atomic mass is 32.2. The zero-order chi connectivity index (χ0) is 10.8. The van der Waals surface area contributed by atoms with Gasteiger partial charge >= 0.3 is 5.97 Å². The highest BCUT2D eigenvalue weighted by molar-refractivity contribution is 7.89. The van der Waals surface area contributed by atoms with E-state index < -0.39 is 22.4 Å². The number of rotatable bonds is 4. The number of aliphatic carboxylic acids is 1. The first-order valence-corrected chi connectivity index (χ1v) is 5.59. The first-order valence-electron chi connectivity index (χ1n) is 3.53. The van der Waals surface area contributed by atoms with Gasteiger partial charge in [-0.1, -0.05) is 0 Å². The van der Waals surface area contributed by atoms with Gasteiger partial charge in [-0.05, 0) is 5.21 Å². The van der Waals surface area contributed by atoms with Gasteiger partial charge in [0.25, 0.3) is 0 Å². The predicted octanol–water partition coefficient (Wildman–Crippen LogP) is -1.70. The molecule has 1 heterocycles. The lowest BCUT2D eigenvalue weighted by molar-refractivity contribution is -0.138. The Morgan fingerprint density at radius 2 is 2.21 bits per heavy atom. The first kappa shape index (κ1) is 10.6. The van der Waals surface area contributed by atoms with Gasteiger partial charge in [0.1, 0.15) is 5.75 Å². The zero-order valence-corrected chi connectivity index (χ0v) is 8.10. The minimum atomic E-state index is -3.22. The van der Waals surface area contributed by atoms with Crippen LogP contribution in [0.2, 0.25) is 0 Å². The number of carbonyl (C=O) groups is 1. The highest BCUT2D eigenvalue weighted by Gasteiger charge is 2.11. The highest BCUT2D eigenvalue weighted by Crippen LogP contribution is 1.95. The normalized spacial score (nSPS) is 11.5. The SMILES string of the molecule is CS(=O)(=O)Cc1nnn(CC(=O)O)n1. The number of aromatic nitrogens is 4. The molecule has 0 aliphatic heterocycles. The molecule has 0 saturated heterocycles. The van der Waals surface area contributed by atoms with Crippen LogP contribution in [0, 0.1) is 0 Å². The van der Waals surface area contributed by atoms with Crippen LogP contribution in [0.15, 0.2) is 0 Å². The van der Waals surface area contributed by atoms with Crippen molar-refractivity contribution in [3.8, 4) is 0 Å². The molecule has 0 saturated carbocycles. The number of nitrogens with zero attached hydrogens (tertiary/aromatic N) is 4. The van der Waals surface area contributed by atoms with Crippen molar-refractivity contribution in [1.82, 2.24) is 20.2 Å². The molecule has 0 radical (unpaired) electrons.